The van der Waals surface area contributed by atoms with Crippen LogP contribution in [0.4, 0.5) is 0 Å². The fraction of sp³-hybridized carbons (Fsp3) is 0.583. The van der Waals surface area contributed by atoms with E-state index in [9.17, 15) is 9.59 Å². The molecule has 0 aliphatic carbocycles. The van der Waals surface area contributed by atoms with Gasteiger partial charge in [-0.1, -0.05) is 6.42 Å². The molecule has 0 aliphatic rings. The van der Waals surface area contributed by atoms with E-state index in [2.05, 4.69) is 4.98 Å². The molecule has 0 aliphatic heterocycles. The van der Waals surface area contributed by atoms with Gasteiger partial charge in [-0.15, -0.1) is 11.3 Å². The largest absolute Gasteiger partial charge is 0.365 e. The van der Waals surface area contributed by atoms with E-state index in [0.717, 1.165) is 30.7 Å². The standard InChI is InChI=1S/C12H19N3O2S/c1-15(2)11(16)7-5-3-4-6-10-14-8-9(18-10)12(13)17/h8H,3-7H2,1-2H3,(H2,13,17). The number of nitrogens with two attached hydrogens (primary N) is 1. The van der Waals surface area contributed by atoms with Crippen molar-refractivity contribution in [1.29, 1.82) is 0 Å². The molecular weight excluding hydrogens is 250 g/mol. The Hall–Kier alpha value is -1.43. The van der Waals surface area contributed by atoms with E-state index in [-0.39, 0.29) is 5.91 Å². The van der Waals surface area contributed by atoms with Crippen molar-refractivity contribution in [2.75, 3.05) is 14.1 Å². The van der Waals surface area contributed by atoms with Crippen molar-refractivity contribution in [3.8, 4) is 0 Å². The van der Waals surface area contributed by atoms with Gasteiger partial charge in [0, 0.05) is 20.5 Å². The highest BCUT2D eigenvalue weighted by Crippen LogP contribution is 2.15. The molecule has 0 unspecified atom stereocenters. The number of hydrogen-bond acceptors (Lipinski definition) is 4. The Balaban J connectivity index is 2.18. The predicted molar refractivity (Wildman–Crippen MR) is 71.5 cm³/mol. The van der Waals surface area contributed by atoms with Crippen LogP contribution in [0.3, 0.4) is 0 Å². The van der Waals surface area contributed by atoms with Crippen molar-refractivity contribution in [3.05, 3.63) is 16.1 Å². The van der Waals surface area contributed by atoms with Gasteiger partial charge in [0.25, 0.3) is 5.91 Å². The van der Waals surface area contributed by atoms with Gasteiger partial charge < -0.3 is 10.6 Å². The SMILES string of the molecule is CN(C)C(=O)CCCCCc1ncc(C(N)=O)s1. The molecule has 18 heavy (non-hydrogen) atoms. The first-order valence-electron chi connectivity index (χ1n) is 5.95. The Kier molecular flexibility index (Phi) is 5.77. The summed E-state index contributed by atoms with van der Waals surface area (Å²) in [6.45, 7) is 0. The molecule has 0 bridgehead atoms. The number of nitrogens with zero attached hydrogens (tertiary/aromatic N) is 2. The molecule has 1 aromatic rings. The second-order valence-corrected chi connectivity index (χ2v) is 5.45. The highest BCUT2D eigenvalue weighted by Gasteiger charge is 2.07. The minimum absolute atomic E-state index is 0.167. The molecule has 0 atom stereocenters. The van der Waals surface area contributed by atoms with Crippen LogP contribution in [0.15, 0.2) is 6.20 Å². The highest BCUT2D eigenvalue weighted by atomic mass is 32.1. The first-order chi connectivity index (χ1) is 8.50. The van der Waals surface area contributed by atoms with Crippen molar-refractivity contribution in [2.24, 2.45) is 5.73 Å². The van der Waals surface area contributed by atoms with Gasteiger partial charge in [-0.05, 0) is 19.3 Å². The van der Waals surface area contributed by atoms with Gasteiger partial charge in [0.15, 0.2) is 0 Å². The summed E-state index contributed by atoms with van der Waals surface area (Å²) in [5.41, 5.74) is 5.15. The van der Waals surface area contributed by atoms with Crippen molar-refractivity contribution < 1.29 is 9.59 Å². The van der Waals surface area contributed by atoms with Gasteiger partial charge in [-0.3, -0.25) is 9.59 Å². The summed E-state index contributed by atoms with van der Waals surface area (Å²) in [4.78, 5) is 28.5. The number of unbranched alkanes of at least 4 members (excludes halogenated alkanes) is 2. The zero-order valence-corrected chi connectivity index (χ0v) is 11.6. The zero-order chi connectivity index (χ0) is 13.5. The minimum atomic E-state index is -0.421. The van der Waals surface area contributed by atoms with E-state index in [1.807, 2.05) is 0 Å². The molecule has 0 aromatic carbocycles. The number of amides is 2. The van der Waals surface area contributed by atoms with Crippen molar-refractivity contribution in [3.63, 3.8) is 0 Å². The molecule has 100 valence electrons. The summed E-state index contributed by atoms with van der Waals surface area (Å²) < 4.78 is 0. The van der Waals surface area contributed by atoms with E-state index >= 15 is 0 Å². The molecule has 1 heterocycles. The minimum Gasteiger partial charge on any atom is -0.365 e. The number of aryl methyl sites for hydroxylation is 1. The first kappa shape index (κ1) is 14.6. The molecule has 0 fully saturated rings. The van der Waals surface area contributed by atoms with Gasteiger partial charge in [-0.2, -0.15) is 0 Å². The number of aromatic nitrogens is 1. The lowest BCUT2D eigenvalue weighted by Gasteiger charge is -2.09. The topological polar surface area (TPSA) is 76.3 Å². The number of thiazole rings is 1. The van der Waals surface area contributed by atoms with Gasteiger partial charge in [-0.25, -0.2) is 4.98 Å². The Morgan fingerprint density at radius 3 is 2.61 bits per heavy atom. The van der Waals surface area contributed by atoms with E-state index in [1.54, 1.807) is 19.0 Å². The van der Waals surface area contributed by atoms with Gasteiger partial charge in [0.05, 0.1) is 11.2 Å². The molecule has 2 amide bonds. The zero-order valence-electron chi connectivity index (χ0n) is 10.8. The van der Waals surface area contributed by atoms with E-state index in [0.29, 0.717) is 11.3 Å². The van der Waals surface area contributed by atoms with Gasteiger partial charge >= 0.3 is 0 Å². The smallest absolute Gasteiger partial charge is 0.260 e. The van der Waals surface area contributed by atoms with Crippen LogP contribution in [0.1, 0.15) is 40.4 Å². The monoisotopic (exact) mass is 269 g/mol. The fourth-order valence-electron chi connectivity index (χ4n) is 1.49. The van der Waals surface area contributed by atoms with E-state index < -0.39 is 5.91 Å². The number of rotatable bonds is 7. The maximum Gasteiger partial charge on any atom is 0.260 e. The molecule has 5 nitrogen and oxygen atoms in total. The van der Waals surface area contributed by atoms with Crippen molar-refractivity contribution in [1.82, 2.24) is 9.88 Å². The Morgan fingerprint density at radius 2 is 2.06 bits per heavy atom. The molecule has 6 heteroatoms. The summed E-state index contributed by atoms with van der Waals surface area (Å²) in [5, 5.41) is 0.933. The fourth-order valence-corrected chi connectivity index (χ4v) is 2.30. The normalized spacial score (nSPS) is 10.3. The summed E-state index contributed by atoms with van der Waals surface area (Å²) in [6.07, 6.45) is 5.83. The highest BCUT2D eigenvalue weighted by molar-refractivity contribution is 7.13. The maximum atomic E-state index is 11.3. The molecular formula is C12H19N3O2S. The summed E-state index contributed by atoms with van der Waals surface area (Å²) in [5.74, 6) is -0.254. The van der Waals surface area contributed by atoms with Crippen LogP contribution in [0.2, 0.25) is 0 Å². The van der Waals surface area contributed by atoms with Crippen molar-refractivity contribution >= 4 is 23.2 Å². The number of hydrogen-bond donors (Lipinski definition) is 1. The Labute approximate surface area is 111 Å². The van der Waals surface area contributed by atoms with E-state index in [1.165, 1.54) is 17.5 Å². The average Bonchev–Trinajstić information content (AvgIpc) is 2.77. The van der Waals surface area contributed by atoms with Crippen LogP contribution in [0.5, 0.6) is 0 Å². The summed E-state index contributed by atoms with van der Waals surface area (Å²) >= 11 is 1.35. The predicted octanol–water partition coefficient (Wildman–Crippen LogP) is 1.43. The third kappa shape index (κ3) is 4.83. The average molecular weight is 269 g/mol. The number of carbonyl (C=O) groups excluding carboxylic acids is 2. The molecule has 2 N–H and O–H groups in total. The second kappa shape index (κ2) is 7.10. The van der Waals surface area contributed by atoms with Gasteiger partial charge in [0.1, 0.15) is 4.88 Å². The number of primary amides is 1. The maximum absolute atomic E-state index is 11.3. The molecule has 0 radical (unpaired) electrons. The lowest BCUT2D eigenvalue weighted by molar-refractivity contribution is -0.128. The lowest BCUT2D eigenvalue weighted by atomic mass is 10.1. The van der Waals surface area contributed by atoms with Crippen molar-refractivity contribution in [2.45, 2.75) is 32.1 Å². The summed E-state index contributed by atoms with van der Waals surface area (Å²) in [6, 6.07) is 0. The Bertz CT molecular complexity index is 415. The van der Waals surface area contributed by atoms with Crippen LogP contribution in [-0.2, 0) is 11.2 Å². The molecule has 0 saturated heterocycles. The molecule has 1 rings (SSSR count). The third-order valence-electron chi connectivity index (χ3n) is 2.58. The third-order valence-corrected chi connectivity index (χ3v) is 3.65. The second-order valence-electron chi connectivity index (χ2n) is 4.33. The van der Waals surface area contributed by atoms with Gasteiger partial charge in [0.2, 0.25) is 5.91 Å². The Morgan fingerprint density at radius 1 is 1.33 bits per heavy atom. The van der Waals surface area contributed by atoms with Crippen LogP contribution < -0.4 is 5.73 Å². The molecule has 0 spiro atoms. The number of carbonyl (C=O) groups is 2. The van der Waals surface area contributed by atoms with E-state index in [4.69, 9.17) is 5.73 Å². The molecule has 0 saturated carbocycles. The first-order valence-corrected chi connectivity index (χ1v) is 6.77. The quantitative estimate of drug-likeness (QED) is 0.761. The molecule has 1 aromatic heterocycles. The van der Waals surface area contributed by atoms with Crippen LogP contribution in [-0.4, -0.2) is 35.8 Å². The van der Waals surface area contributed by atoms with Crippen LogP contribution in [0, 0.1) is 0 Å². The summed E-state index contributed by atoms with van der Waals surface area (Å²) in [7, 11) is 3.53. The van der Waals surface area contributed by atoms with Crippen LogP contribution in [0.25, 0.3) is 0 Å². The van der Waals surface area contributed by atoms with Crippen LogP contribution >= 0.6 is 11.3 Å². The lowest BCUT2D eigenvalue weighted by Crippen LogP contribution is -2.20.